The van der Waals surface area contributed by atoms with Crippen LogP contribution in [0.15, 0.2) is 55.1 Å². The molecule has 2 aromatic carbocycles. The van der Waals surface area contributed by atoms with Crippen molar-refractivity contribution in [2.24, 2.45) is 0 Å². The van der Waals surface area contributed by atoms with Crippen LogP contribution >= 0.6 is 23.2 Å². The number of aromatic nitrogens is 3. The van der Waals surface area contributed by atoms with Gasteiger partial charge in [-0.2, -0.15) is 5.10 Å². The third-order valence-electron chi connectivity index (χ3n) is 3.55. The van der Waals surface area contributed by atoms with Crippen molar-refractivity contribution >= 4 is 29.1 Å². The molecular formula is C17H14Cl2N4O. The molecule has 0 bridgehead atoms. The summed E-state index contributed by atoms with van der Waals surface area (Å²) in [6.07, 6.45) is 3.11. The van der Waals surface area contributed by atoms with E-state index in [-0.39, 0.29) is 11.9 Å². The van der Waals surface area contributed by atoms with Gasteiger partial charge in [0.2, 0.25) is 0 Å². The van der Waals surface area contributed by atoms with Gasteiger partial charge in [-0.25, -0.2) is 9.67 Å². The van der Waals surface area contributed by atoms with Crippen molar-refractivity contribution in [2.45, 2.75) is 13.0 Å². The number of hydrogen-bond donors (Lipinski definition) is 1. The zero-order valence-corrected chi connectivity index (χ0v) is 14.3. The van der Waals surface area contributed by atoms with Gasteiger partial charge >= 0.3 is 0 Å². The van der Waals surface area contributed by atoms with Crippen LogP contribution in [0.3, 0.4) is 0 Å². The monoisotopic (exact) mass is 360 g/mol. The Bertz CT molecular complexity index is 827. The maximum absolute atomic E-state index is 12.3. The Hall–Kier alpha value is -2.37. The number of rotatable bonds is 4. The van der Waals surface area contributed by atoms with E-state index in [0.717, 1.165) is 11.3 Å². The van der Waals surface area contributed by atoms with Crippen LogP contribution in [-0.2, 0) is 0 Å². The van der Waals surface area contributed by atoms with Crippen molar-refractivity contribution in [3.63, 3.8) is 0 Å². The maximum atomic E-state index is 12.3. The van der Waals surface area contributed by atoms with Gasteiger partial charge in [0, 0.05) is 15.6 Å². The number of benzene rings is 2. The molecule has 1 N–H and O–H groups in total. The summed E-state index contributed by atoms with van der Waals surface area (Å²) in [7, 11) is 0. The number of nitrogens with one attached hydrogen (secondary N) is 1. The molecule has 0 aliphatic rings. The fourth-order valence-electron chi connectivity index (χ4n) is 2.31. The quantitative estimate of drug-likeness (QED) is 0.762. The highest BCUT2D eigenvalue weighted by Crippen LogP contribution is 2.20. The summed E-state index contributed by atoms with van der Waals surface area (Å²) >= 11 is 11.9. The number of carbonyl (C=O) groups excluding carboxylic acids is 1. The maximum Gasteiger partial charge on any atom is 0.251 e. The molecule has 0 radical (unpaired) electrons. The Balaban J connectivity index is 1.72. The summed E-state index contributed by atoms with van der Waals surface area (Å²) in [6.45, 7) is 1.91. The molecule has 5 nitrogen and oxygen atoms in total. The zero-order valence-electron chi connectivity index (χ0n) is 12.8. The predicted octanol–water partition coefficient (Wildman–Crippen LogP) is 4.07. The van der Waals surface area contributed by atoms with Gasteiger partial charge in [0.25, 0.3) is 5.91 Å². The standard InChI is InChI=1S/C17H14Cl2N4O/c1-11(22-17(24)13-6-14(18)8-15(19)7-13)12-2-4-16(5-3-12)23-10-20-9-21-23/h2-11H,1H3,(H,22,24)/t11-/m0/s1. The lowest BCUT2D eigenvalue weighted by molar-refractivity contribution is 0.0940. The SMILES string of the molecule is C[C@H](NC(=O)c1cc(Cl)cc(Cl)c1)c1ccc(-n2cncn2)cc1. The van der Waals surface area contributed by atoms with Gasteiger partial charge < -0.3 is 5.32 Å². The Morgan fingerprint density at radius 2 is 1.79 bits per heavy atom. The smallest absolute Gasteiger partial charge is 0.251 e. The van der Waals surface area contributed by atoms with Gasteiger partial charge in [-0.15, -0.1) is 0 Å². The van der Waals surface area contributed by atoms with Gasteiger partial charge in [-0.1, -0.05) is 35.3 Å². The van der Waals surface area contributed by atoms with E-state index in [1.165, 1.54) is 6.33 Å². The van der Waals surface area contributed by atoms with Crippen molar-refractivity contribution in [2.75, 3.05) is 0 Å². The minimum Gasteiger partial charge on any atom is -0.346 e. The summed E-state index contributed by atoms with van der Waals surface area (Å²) < 4.78 is 1.67. The first-order chi connectivity index (χ1) is 11.5. The Labute approximate surface area is 149 Å². The molecular weight excluding hydrogens is 347 g/mol. The average Bonchev–Trinajstić information content (AvgIpc) is 3.08. The number of halogens is 2. The second-order valence-electron chi connectivity index (χ2n) is 5.28. The number of nitrogens with zero attached hydrogens (tertiary/aromatic N) is 3. The lowest BCUT2D eigenvalue weighted by Crippen LogP contribution is -2.26. The largest absolute Gasteiger partial charge is 0.346 e. The van der Waals surface area contributed by atoms with Gasteiger partial charge in [-0.05, 0) is 42.8 Å². The van der Waals surface area contributed by atoms with E-state index in [1.54, 1.807) is 29.2 Å². The highest BCUT2D eigenvalue weighted by molar-refractivity contribution is 6.35. The van der Waals surface area contributed by atoms with E-state index >= 15 is 0 Å². The Morgan fingerprint density at radius 1 is 1.12 bits per heavy atom. The molecule has 0 spiro atoms. The Morgan fingerprint density at radius 3 is 2.38 bits per heavy atom. The topological polar surface area (TPSA) is 59.8 Å². The third-order valence-corrected chi connectivity index (χ3v) is 3.99. The number of carbonyl (C=O) groups is 1. The first-order valence-electron chi connectivity index (χ1n) is 7.25. The highest BCUT2D eigenvalue weighted by Gasteiger charge is 2.13. The summed E-state index contributed by atoms with van der Waals surface area (Å²) in [5.74, 6) is -0.229. The molecule has 0 saturated carbocycles. The van der Waals surface area contributed by atoms with Crippen molar-refractivity contribution in [3.05, 3.63) is 76.3 Å². The van der Waals surface area contributed by atoms with E-state index in [9.17, 15) is 4.79 Å². The van der Waals surface area contributed by atoms with Gasteiger partial charge in [0.15, 0.2) is 0 Å². The first-order valence-corrected chi connectivity index (χ1v) is 8.00. The summed E-state index contributed by atoms with van der Waals surface area (Å²) in [4.78, 5) is 16.3. The second kappa shape index (κ2) is 7.03. The fraction of sp³-hybridized carbons (Fsp3) is 0.118. The molecule has 3 aromatic rings. The van der Waals surface area contributed by atoms with Crippen LogP contribution in [0.4, 0.5) is 0 Å². The fourth-order valence-corrected chi connectivity index (χ4v) is 2.83. The van der Waals surface area contributed by atoms with Crippen molar-refractivity contribution < 1.29 is 4.79 Å². The average molecular weight is 361 g/mol. The minimum absolute atomic E-state index is 0.167. The molecule has 0 fully saturated rings. The predicted molar refractivity (Wildman–Crippen MR) is 93.7 cm³/mol. The summed E-state index contributed by atoms with van der Waals surface area (Å²) in [5, 5.41) is 7.86. The lowest BCUT2D eigenvalue weighted by Gasteiger charge is -2.15. The molecule has 0 saturated heterocycles. The molecule has 24 heavy (non-hydrogen) atoms. The minimum atomic E-state index is -0.229. The molecule has 0 unspecified atom stereocenters. The van der Waals surface area contributed by atoms with E-state index < -0.39 is 0 Å². The first kappa shape index (κ1) is 16.5. The van der Waals surface area contributed by atoms with Crippen LogP contribution < -0.4 is 5.32 Å². The van der Waals surface area contributed by atoms with Gasteiger partial charge in [0.1, 0.15) is 12.7 Å². The summed E-state index contributed by atoms with van der Waals surface area (Å²) in [5.41, 5.74) is 2.30. The molecule has 1 amide bonds. The van der Waals surface area contributed by atoms with Gasteiger partial charge in [0.05, 0.1) is 11.7 Å². The molecule has 1 heterocycles. The van der Waals surface area contributed by atoms with Crippen LogP contribution in [0.5, 0.6) is 0 Å². The molecule has 0 aliphatic heterocycles. The third kappa shape index (κ3) is 3.75. The summed E-state index contributed by atoms with van der Waals surface area (Å²) in [6, 6.07) is 12.3. The van der Waals surface area contributed by atoms with Crippen molar-refractivity contribution in [1.29, 1.82) is 0 Å². The van der Waals surface area contributed by atoms with Crippen molar-refractivity contribution in [1.82, 2.24) is 20.1 Å². The normalized spacial score (nSPS) is 12.0. The molecule has 3 rings (SSSR count). The molecule has 122 valence electrons. The van der Waals surface area contributed by atoms with E-state index in [4.69, 9.17) is 23.2 Å². The van der Waals surface area contributed by atoms with Crippen LogP contribution in [0.1, 0.15) is 28.9 Å². The van der Waals surface area contributed by atoms with E-state index in [2.05, 4.69) is 15.4 Å². The van der Waals surface area contributed by atoms with Crippen LogP contribution in [0.2, 0.25) is 10.0 Å². The highest BCUT2D eigenvalue weighted by atomic mass is 35.5. The number of hydrogen-bond acceptors (Lipinski definition) is 3. The zero-order chi connectivity index (χ0) is 17.1. The molecule has 0 aliphatic carbocycles. The second-order valence-corrected chi connectivity index (χ2v) is 6.16. The van der Waals surface area contributed by atoms with Crippen molar-refractivity contribution in [3.8, 4) is 5.69 Å². The molecule has 7 heteroatoms. The number of amides is 1. The van der Waals surface area contributed by atoms with Crippen LogP contribution in [0.25, 0.3) is 5.69 Å². The van der Waals surface area contributed by atoms with Crippen LogP contribution in [-0.4, -0.2) is 20.7 Å². The molecule has 1 atom stereocenters. The lowest BCUT2D eigenvalue weighted by atomic mass is 10.1. The van der Waals surface area contributed by atoms with E-state index in [1.807, 2.05) is 31.2 Å². The Kier molecular flexibility index (Phi) is 4.83. The molecule has 1 aromatic heterocycles. The van der Waals surface area contributed by atoms with Gasteiger partial charge in [-0.3, -0.25) is 4.79 Å². The van der Waals surface area contributed by atoms with E-state index in [0.29, 0.717) is 15.6 Å². The van der Waals surface area contributed by atoms with Crippen LogP contribution in [0, 0.1) is 0 Å².